The zero-order valence-electron chi connectivity index (χ0n) is 11.0. The van der Waals surface area contributed by atoms with Crippen LogP contribution in [0.15, 0.2) is 0 Å². The van der Waals surface area contributed by atoms with Crippen LogP contribution in [0.2, 0.25) is 0 Å². The third kappa shape index (κ3) is 4.52. The highest BCUT2D eigenvalue weighted by Gasteiger charge is 2.20. The van der Waals surface area contributed by atoms with Gasteiger partial charge in [0.15, 0.2) is 0 Å². The van der Waals surface area contributed by atoms with Crippen molar-refractivity contribution in [3.63, 3.8) is 0 Å². The third-order valence-electron chi connectivity index (χ3n) is 3.58. The van der Waals surface area contributed by atoms with Gasteiger partial charge >= 0.3 is 0 Å². The first kappa shape index (κ1) is 13.5. The minimum Gasteiger partial charge on any atom is -0.348 e. The van der Waals surface area contributed by atoms with Gasteiger partial charge in [-0.05, 0) is 31.6 Å². The summed E-state index contributed by atoms with van der Waals surface area (Å²) >= 11 is 0. The number of nitrogens with one attached hydrogen (secondary N) is 1. The molecule has 1 aliphatic rings. The van der Waals surface area contributed by atoms with E-state index in [-0.39, 0.29) is 5.91 Å². The Kier molecular flexibility index (Phi) is 5.81. The van der Waals surface area contributed by atoms with Crippen LogP contribution in [0.5, 0.6) is 0 Å². The molecule has 0 aliphatic heterocycles. The van der Waals surface area contributed by atoms with Crippen LogP contribution in [0.25, 0.3) is 0 Å². The fourth-order valence-electron chi connectivity index (χ4n) is 2.45. The van der Waals surface area contributed by atoms with Crippen molar-refractivity contribution in [2.75, 3.05) is 20.6 Å². The van der Waals surface area contributed by atoms with E-state index in [0.717, 1.165) is 5.92 Å². The van der Waals surface area contributed by atoms with E-state index >= 15 is 0 Å². The molecule has 0 unspecified atom stereocenters. The Morgan fingerprint density at radius 1 is 1.25 bits per heavy atom. The summed E-state index contributed by atoms with van der Waals surface area (Å²) in [5.74, 6) is 1.11. The number of hydrogen-bond acceptors (Lipinski definition) is 2. The number of hydrogen-bond donors (Lipinski definition) is 1. The van der Waals surface area contributed by atoms with Crippen LogP contribution in [0.4, 0.5) is 0 Å². The van der Waals surface area contributed by atoms with Gasteiger partial charge in [-0.1, -0.05) is 19.8 Å². The molecule has 16 heavy (non-hydrogen) atoms. The molecule has 0 aromatic heterocycles. The number of rotatable bonds is 5. The number of amides is 1. The molecule has 1 fully saturated rings. The minimum atomic E-state index is 0.177. The van der Waals surface area contributed by atoms with E-state index in [1.165, 1.54) is 38.5 Å². The molecule has 0 spiro atoms. The van der Waals surface area contributed by atoms with E-state index in [1.807, 2.05) is 14.1 Å². The van der Waals surface area contributed by atoms with Crippen molar-refractivity contribution in [1.82, 2.24) is 10.2 Å². The van der Waals surface area contributed by atoms with Crippen molar-refractivity contribution in [1.29, 1.82) is 0 Å². The highest BCUT2D eigenvalue weighted by molar-refractivity contribution is 5.77. The zero-order valence-corrected chi connectivity index (χ0v) is 11.0. The second-order valence-corrected chi connectivity index (χ2v) is 5.18. The Morgan fingerprint density at radius 3 is 2.38 bits per heavy atom. The van der Waals surface area contributed by atoms with E-state index < -0.39 is 0 Å². The van der Waals surface area contributed by atoms with Crippen molar-refractivity contribution >= 4 is 5.91 Å². The molecule has 1 N–H and O–H groups in total. The van der Waals surface area contributed by atoms with Crippen molar-refractivity contribution in [3.05, 3.63) is 0 Å². The topological polar surface area (TPSA) is 32.3 Å². The monoisotopic (exact) mass is 226 g/mol. The molecular weight excluding hydrogens is 200 g/mol. The lowest BCUT2D eigenvalue weighted by Gasteiger charge is -2.29. The summed E-state index contributed by atoms with van der Waals surface area (Å²) in [6, 6.07) is 0.567. The van der Waals surface area contributed by atoms with Crippen molar-refractivity contribution < 1.29 is 4.79 Å². The maximum atomic E-state index is 11.4. The summed E-state index contributed by atoms with van der Waals surface area (Å²) in [5.41, 5.74) is 0. The van der Waals surface area contributed by atoms with Gasteiger partial charge in [0.25, 0.3) is 0 Å². The average molecular weight is 226 g/mol. The van der Waals surface area contributed by atoms with E-state index in [2.05, 4.69) is 12.2 Å². The molecular formula is C13H26N2O. The van der Waals surface area contributed by atoms with Crippen molar-refractivity contribution in [2.24, 2.45) is 5.92 Å². The van der Waals surface area contributed by atoms with E-state index in [0.29, 0.717) is 12.6 Å². The van der Waals surface area contributed by atoms with Crippen LogP contribution < -0.4 is 5.32 Å². The summed E-state index contributed by atoms with van der Waals surface area (Å²) in [5, 5.41) is 3.37. The van der Waals surface area contributed by atoms with E-state index in [4.69, 9.17) is 0 Å². The number of carbonyl (C=O) groups excluding carboxylic acids is 1. The molecule has 0 aromatic rings. The van der Waals surface area contributed by atoms with Crippen LogP contribution in [0.3, 0.4) is 0 Å². The second-order valence-electron chi connectivity index (χ2n) is 5.18. The van der Waals surface area contributed by atoms with Gasteiger partial charge in [0, 0.05) is 20.1 Å². The summed E-state index contributed by atoms with van der Waals surface area (Å²) in [6.07, 6.45) is 7.84. The molecule has 3 heteroatoms. The highest BCUT2D eigenvalue weighted by Crippen LogP contribution is 2.27. The first-order valence-electron chi connectivity index (χ1n) is 6.57. The zero-order chi connectivity index (χ0) is 12.0. The Labute approximate surface area is 99.6 Å². The third-order valence-corrected chi connectivity index (χ3v) is 3.58. The van der Waals surface area contributed by atoms with Gasteiger partial charge in [0.1, 0.15) is 0 Å². The average Bonchev–Trinajstić information content (AvgIpc) is 2.28. The lowest BCUT2D eigenvalue weighted by atomic mass is 9.83. The van der Waals surface area contributed by atoms with Gasteiger partial charge < -0.3 is 10.2 Å². The Morgan fingerprint density at radius 2 is 1.88 bits per heavy atom. The molecule has 94 valence electrons. The Hall–Kier alpha value is -0.570. The highest BCUT2D eigenvalue weighted by atomic mass is 16.2. The SMILES string of the molecule is CCCC1CCC(NCC(=O)N(C)C)CC1. The number of likely N-dealkylation sites (N-methyl/N-ethyl adjacent to an activating group) is 1. The molecule has 0 saturated heterocycles. The van der Waals surface area contributed by atoms with Crippen LogP contribution in [-0.2, 0) is 4.79 Å². The van der Waals surface area contributed by atoms with Crippen molar-refractivity contribution in [2.45, 2.75) is 51.5 Å². The predicted octanol–water partition coefficient (Wildman–Crippen LogP) is 2.02. The lowest BCUT2D eigenvalue weighted by molar-refractivity contribution is -0.127. The normalized spacial score (nSPS) is 25.4. The predicted molar refractivity (Wildman–Crippen MR) is 67.4 cm³/mol. The van der Waals surface area contributed by atoms with Crippen molar-refractivity contribution in [3.8, 4) is 0 Å². The molecule has 0 heterocycles. The van der Waals surface area contributed by atoms with Gasteiger partial charge in [-0.15, -0.1) is 0 Å². The van der Waals surface area contributed by atoms with Gasteiger partial charge in [-0.3, -0.25) is 4.79 Å². The summed E-state index contributed by atoms with van der Waals surface area (Å²) < 4.78 is 0. The van der Waals surface area contributed by atoms with Gasteiger partial charge in [0.2, 0.25) is 5.91 Å². The first-order valence-corrected chi connectivity index (χ1v) is 6.57. The largest absolute Gasteiger partial charge is 0.348 e. The molecule has 0 atom stereocenters. The maximum Gasteiger partial charge on any atom is 0.236 e. The fourth-order valence-corrected chi connectivity index (χ4v) is 2.45. The summed E-state index contributed by atoms with van der Waals surface area (Å²) in [6.45, 7) is 2.76. The van der Waals surface area contributed by atoms with Gasteiger partial charge in [0.05, 0.1) is 6.54 Å². The van der Waals surface area contributed by atoms with E-state index in [9.17, 15) is 4.79 Å². The minimum absolute atomic E-state index is 0.177. The van der Waals surface area contributed by atoms with Crippen LogP contribution in [-0.4, -0.2) is 37.5 Å². The summed E-state index contributed by atoms with van der Waals surface area (Å²) in [4.78, 5) is 13.1. The molecule has 1 amide bonds. The molecule has 3 nitrogen and oxygen atoms in total. The first-order chi connectivity index (χ1) is 7.63. The maximum absolute atomic E-state index is 11.4. The molecule has 0 aromatic carbocycles. The second kappa shape index (κ2) is 6.89. The van der Waals surface area contributed by atoms with Crippen LogP contribution in [0, 0.1) is 5.92 Å². The van der Waals surface area contributed by atoms with Gasteiger partial charge in [-0.25, -0.2) is 0 Å². The molecule has 1 rings (SSSR count). The smallest absolute Gasteiger partial charge is 0.236 e. The standard InChI is InChI=1S/C13H26N2O/c1-4-5-11-6-8-12(9-7-11)14-10-13(16)15(2)3/h11-12,14H,4-10H2,1-3H3. The Bertz CT molecular complexity index is 208. The fraction of sp³-hybridized carbons (Fsp3) is 0.923. The van der Waals surface area contributed by atoms with Crippen LogP contribution in [0.1, 0.15) is 45.4 Å². The lowest BCUT2D eigenvalue weighted by Crippen LogP contribution is -2.40. The Balaban J connectivity index is 2.15. The molecule has 0 bridgehead atoms. The number of carbonyl (C=O) groups is 1. The molecule has 1 aliphatic carbocycles. The summed E-state index contributed by atoms with van der Waals surface area (Å²) in [7, 11) is 3.62. The van der Waals surface area contributed by atoms with Gasteiger partial charge in [-0.2, -0.15) is 0 Å². The molecule has 0 radical (unpaired) electrons. The quantitative estimate of drug-likeness (QED) is 0.778. The van der Waals surface area contributed by atoms with Crippen LogP contribution >= 0.6 is 0 Å². The molecule has 1 saturated carbocycles. The van der Waals surface area contributed by atoms with E-state index in [1.54, 1.807) is 4.90 Å². The number of nitrogens with zero attached hydrogens (tertiary/aromatic N) is 1.